The highest BCUT2D eigenvalue weighted by Crippen LogP contribution is 2.37. The van der Waals surface area contributed by atoms with Crippen molar-refractivity contribution in [1.82, 2.24) is 4.90 Å². The van der Waals surface area contributed by atoms with Crippen LogP contribution in [0.25, 0.3) is 0 Å². The van der Waals surface area contributed by atoms with Crippen molar-refractivity contribution in [1.29, 1.82) is 5.26 Å². The van der Waals surface area contributed by atoms with Crippen molar-refractivity contribution in [2.75, 3.05) is 18.5 Å². The summed E-state index contributed by atoms with van der Waals surface area (Å²) in [5, 5.41) is 12.9. The van der Waals surface area contributed by atoms with E-state index in [0.29, 0.717) is 46.7 Å². The number of halogens is 1. The summed E-state index contributed by atoms with van der Waals surface area (Å²) in [6.45, 7) is 2.97. The summed E-state index contributed by atoms with van der Waals surface area (Å²) in [7, 11) is 0. The van der Waals surface area contributed by atoms with Gasteiger partial charge in [-0.15, -0.1) is 11.3 Å². The maximum Gasteiger partial charge on any atom is 0.410 e. The van der Waals surface area contributed by atoms with Gasteiger partial charge in [0.15, 0.2) is 0 Å². The number of amides is 2. The molecule has 0 saturated carbocycles. The van der Waals surface area contributed by atoms with E-state index in [1.54, 1.807) is 30.0 Å². The van der Waals surface area contributed by atoms with Crippen LogP contribution in [0.2, 0.25) is 0 Å². The van der Waals surface area contributed by atoms with Crippen molar-refractivity contribution >= 4 is 44.3 Å². The lowest BCUT2D eigenvalue weighted by Crippen LogP contribution is -2.35. The number of hydrogen-bond acceptors (Lipinski definition) is 5. The second kappa shape index (κ2) is 7.89. The summed E-state index contributed by atoms with van der Waals surface area (Å²) < 4.78 is 5.73. The van der Waals surface area contributed by atoms with Crippen LogP contribution in [0.5, 0.6) is 0 Å². The first-order valence-electron chi connectivity index (χ1n) is 8.07. The van der Waals surface area contributed by atoms with Gasteiger partial charge in [-0.1, -0.05) is 12.1 Å². The average molecular weight is 434 g/mol. The topological polar surface area (TPSA) is 82.4 Å². The number of thiophene rings is 1. The Hall–Kier alpha value is -2.37. The molecule has 1 aliphatic heterocycles. The van der Waals surface area contributed by atoms with Gasteiger partial charge in [0.2, 0.25) is 0 Å². The first kappa shape index (κ1) is 18.4. The third kappa shape index (κ3) is 3.59. The molecule has 0 unspecified atom stereocenters. The smallest absolute Gasteiger partial charge is 0.410 e. The standard InChI is InChI=1S/C18H16BrN3O3S/c1-2-25-18(24)22-8-7-11-13(9-20)17(26-15(11)10-22)21-16(23)12-5-3-4-6-14(12)19/h3-6H,2,7-8,10H2,1H3,(H,21,23). The van der Waals surface area contributed by atoms with Gasteiger partial charge in [-0.25, -0.2) is 4.79 Å². The molecule has 0 spiro atoms. The minimum atomic E-state index is -0.358. The van der Waals surface area contributed by atoms with Gasteiger partial charge in [0.05, 0.1) is 24.3 Å². The maximum absolute atomic E-state index is 12.5. The Labute approximate surface area is 163 Å². The number of benzene rings is 1. The third-order valence-electron chi connectivity index (χ3n) is 4.04. The molecule has 1 aliphatic rings. The molecule has 0 saturated heterocycles. The molecule has 1 N–H and O–H groups in total. The van der Waals surface area contributed by atoms with E-state index in [4.69, 9.17) is 4.74 Å². The molecular weight excluding hydrogens is 418 g/mol. The second-order valence-corrected chi connectivity index (χ2v) is 7.58. The number of carbonyl (C=O) groups is 2. The molecule has 6 nitrogen and oxygen atoms in total. The molecule has 0 atom stereocenters. The Morgan fingerprint density at radius 2 is 2.19 bits per heavy atom. The summed E-state index contributed by atoms with van der Waals surface area (Å²) >= 11 is 4.70. The van der Waals surface area contributed by atoms with Gasteiger partial charge in [0, 0.05) is 15.9 Å². The maximum atomic E-state index is 12.5. The Kier molecular flexibility index (Phi) is 5.59. The third-order valence-corrected chi connectivity index (χ3v) is 5.86. The average Bonchev–Trinajstić information content (AvgIpc) is 2.98. The summed E-state index contributed by atoms with van der Waals surface area (Å²) in [5.74, 6) is -0.283. The predicted molar refractivity (Wildman–Crippen MR) is 102 cm³/mol. The normalized spacial score (nSPS) is 12.9. The zero-order valence-corrected chi connectivity index (χ0v) is 16.4. The van der Waals surface area contributed by atoms with Crippen LogP contribution >= 0.6 is 27.3 Å². The molecule has 8 heteroatoms. The molecule has 0 aliphatic carbocycles. The van der Waals surface area contributed by atoms with Gasteiger partial charge >= 0.3 is 6.09 Å². The second-order valence-electron chi connectivity index (χ2n) is 5.62. The van der Waals surface area contributed by atoms with Crippen molar-refractivity contribution < 1.29 is 14.3 Å². The molecule has 2 amide bonds. The van der Waals surface area contributed by atoms with Gasteiger partial charge < -0.3 is 15.0 Å². The van der Waals surface area contributed by atoms with E-state index >= 15 is 0 Å². The molecule has 0 radical (unpaired) electrons. The van der Waals surface area contributed by atoms with E-state index in [1.165, 1.54) is 11.3 Å². The molecule has 3 rings (SSSR count). The number of carbonyl (C=O) groups excluding carboxylic acids is 2. The molecule has 0 fully saturated rings. The van der Waals surface area contributed by atoms with Crippen LogP contribution in [0.1, 0.15) is 33.3 Å². The summed E-state index contributed by atoms with van der Waals surface area (Å²) in [6.07, 6.45) is 0.210. The summed E-state index contributed by atoms with van der Waals surface area (Å²) in [5.41, 5.74) is 1.88. The quantitative estimate of drug-likeness (QED) is 0.787. The van der Waals surface area contributed by atoms with Gasteiger partial charge in [0.1, 0.15) is 11.1 Å². The van der Waals surface area contributed by atoms with Gasteiger partial charge in [0.25, 0.3) is 5.91 Å². The number of anilines is 1. The molecule has 0 bridgehead atoms. The molecule has 2 heterocycles. The van der Waals surface area contributed by atoms with Crippen molar-refractivity contribution in [3.63, 3.8) is 0 Å². The van der Waals surface area contributed by atoms with Crippen LogP contribution < -0.4 is 5.32 Å². The molecule has 26 heavy (non-hydrogen) atoms. The van der Waals surface area contributed by atoms with Crippen LogP contribution in [0.4, 0.5) is 9.80 Å². The van der Waals surface area contributed by atoms with Crippen LogP contribution in [-0.4, -0.2) is 30.1 Å². The van der Waals surface area contributed by atoms with E-state index in [-0.39, 0.29) is 12.0 Å². The predicted octanol–water partition coefficient (Wildman–Crippen LogP) is 4.15. The van der Waals surface area contributed by atoms with Crippen LogP contribution in [0.3, 0.4) is 0 Å². The minimum Gasteiger partial charge on any atom is -0.450 e. The van der Waals surface area contributed by atoms with Crippen LogP contribution in [0.15, 0.2) is 28.7 Å². The fourth-order valence-electron chi connectivity index (χ4n) is 2.80. The van der Waals surface area contributed by atoms with E-state index in [9.17, 15) is 14.9 Å². The zero-order valence-electron chi connectivity index (χ0n) is 14.0. The van der Waals surface area contributed by atoms with E-state index < -0.39 is 0 Å². The molecule has 2 aromatic rings. The number of ether oxygens (including phenoxy) is 1. The Balaban J connectivity index is 1.84. The fraction of sp³-hybridized carbons (Fsp3) is 0.278. The number of nitrogens with zero attached hydrogens (tertiary/aromatic N) is 2. The van der Waals surface area contributed by atoms with Crippen molar-refractivity contribution in [3.05, 3.63) is 50.3 Å². The van der Waals surface area contributed by atoms with E-state index in [2.05, 4.69) is 27.3 Å². The summed E-state index contributed by atoms with van der Waals surface area (Å²) in [6, 6.07) is 9.30. The molecule has 134 valence electrons. The highest BCUT2D eigenvalue weighted by molar-refractivity contribution is 9.10. The highest BCUT2D eigenvalue weighted by Gasteiger charge is 2.28. The zero-order chi connectivity index (χ0) is 18.7. The first-order valence-corrected chi connectivity index (χ1v) is 9.68. The SMILES string of the molecule is CCOC(=O)N1CCc2c(sc(NC(=O)c3ccccc3Br)c2C#N)C1. The lowest BCUT2D eigenvalue weighted by atomic mass is 10.0. The van der Waals surface area contributed by atoms with Crippen LogP contribution in [0, 0.1) is 11.3 Å². The van der Waals surface area contributed by atoms with Crippen LogP contribution in [-0.2, 0) is 17.7 Å². The number of rotatable bonds is 3. The number of hydrogen-bond donors (Lipinski definition) is 1. The number of fused-ring (bicyclic) bond motifs is 1. The fourth-order valence-corrected chi connectivity index (χ4v) is 4.47. The Morgan fingerprint density at radius 3 is 2.88 bits per heavy atom. The summed E-state index contributed by atoms with van der Waals surface area (Å²) in [4.78, 5) is 27.0. The van der Waals surface area contributed by atoms with E-state index in [0.717, 1.165) is 10.4 Å². The minimum absolute atomic E-state index is 0.283. The highest BCUT2D eigenvalue weighted by atomic mass is 79.9. The Bertz CT molecular complexity index is 904. The van der Waals surface area contributed by atoms with Gasteiger partial charge in [-0.2, -0.15) is 5.26 Å². The van der Waals surface area contributed by atoms with E-state index in [1.807, 2.05) is 6.07 Å². The largest absolute Gasteiger partial charge is 0.450 e. The van der Waals surface area contributed by atoms with Crippen molar-refractivity contribution in [2.45, 2.75) is 19.9 Å². The first-order chi connectivity index (χ1) is 12.5. The lowest BCUT2D eigenvalue weighted by molar-refractivity contribution is 0.102. The van der Waals surface area contributed by atoms with Crippen molar-refractivity contribution in [3.8, 4) is 6.07 Å². The molecule has 1 aromatic heterocycles. The Morgan fingerprint density at radius 1 is 1.42 bits per heavy atom. The monoisotopic (exact) mass is 433 g/mol. The molecule has 1 aromatic carbocycles. The lowest BCUT2D eigenvalue weighted by Gasteiger charge is -2.25. The number of nitrogens with one attached hydrogen (secondary N) is 1. The van der Waals surface area contributed by atoms with Gasteiger partial charge in [-0.3, -0.25) is 4.79 Å². The number of nitriles is 1. The molecular formula is C18H16BrN3O3S. The van der Waals surface area contributed by atoms with Gasteiger partial charge in [-0.05, 0) is 47.0 Å². The van der Waals surface area contributed by atoms with Crippen molar-refractivity contribution in [2.24, 2.45) is 0 Å².